The molecule has 0 aliphatic rings. The highest BCUT2D eigenvalue weighted by Crippen LogP contribution is 2.22. The van der Waals surface area contributed by atoms with Crippen molar-refractivity contribution in [1.82, 2.24) is 5.32 Å². The Morgan fingerprint density at radius 3 is 2.76 bits per heavy atom. The monoisotopic (exact) mass is 256 g/mol. The van der Waals surface area contributed by atoms with E-state index in [9.17, 15) is 9.59 Å². The van der Waals surface area contributed by atoms with E-state index in [1.54, 1.807) is 6.07 Å². The lowest BCUT2D eigenvalue weighted by Crippen LogP contribution is -2.42. The summed E-state index contributed by atoms with van der Waals surface area (Å²) in [5, 5.41) is 13.3. The van der Waals surface area contributed by atoms with E-state index in [0.29, 0.717) is 6.42 Å². The molecule has 4 N–H and O–H groups in total. The number of aliphatic carboxylic acids is 1. The molecule has 6 heteroatoms. The van der Waals surface area contributed by atoms with Crippen LogP contribution in [0, 0.1) is 0 Å². The number of carboxylic acid groups (broad SMARTS) is 1. The predicted molar refractivity (Wildman–Crippen MR) is 65.7 cm³/mol. The Labute approximate surface area is 104 Å². The summed E-state index contributed by atoms with van der Waals surface area (Å²) in [6.07, 6.45) is 0.388. The lowest BCUT2D eigenvalue weighted by molar-refractivity contribution is -0.137. The fraction of sp³-hybridized carbons (Fsp3) is 0.455. The third-order valence-electron chi connectivity index (χ3n) is 2.36. The molecule has 1 unspecified atom stereocenters. The Morgan fingerprint density at radius 1 is 1.59 bits per heavy atom. The Hall–Kier alpha value is -1.40. The van der Waals surface area contributed by atoms with Crippen LogP contribution in [0.3, 0.4) is 0 Å². The second-order valence-corrected chi connectivity index (χ2v) is 4.67. The maximum absolute atomic E-state index is 11.6. The minimum Gasteiger partial charge on any atom is -0.481 e. The first-order valence-electron chi connectivity index (χ1n) is 5.35. The first-order valence-corrected chi connectivity index (χ1v) is 6.23. The van der Waals surface area contributed by atoms with Crippen molar-refractivity contribution in [3.8, 4) is 0 Å². The number of hydrogen-bond acceptors (Lipinski definition) is 4. The molecule has 5 nitrogen and oxygen atoms in total. The van der Waals surface area contributed by atoms with E-state index in [0.717, 1.165) is 4.88 Å². The molecule has 0 aromatic carbocycles. The molecule has 0 bridgehead atoms. The molecule has 1 amide bonds. The molecule has 1 aromatic rings. The number of nitrogens with one attached hydrogen (secondary N) is 1. The predicted octanol–water partition coefficient (Wildman–Crippen LogP) is 1.12. The van der Waals surface area contributed by atoms with Crippen LogP contribution in [0.5, 0.6) is 0 Å². The highest BCUT2D eigenvalue weighted by molar-refractivity contribution is 7.10. The first-order chi connectivity index (χ1) is 8.04. The summed E-state index contributed by atoms with van der Waals surface area (Å²) in [4.78, 5) is 23.2. The maximum atomic E-state index is 11.6. The molecule has 0 aliphatic carbocycles. The quantitative estimate of drug-likeness (QED) is 0.711. The summed E-state index contributed by atoms with van der Waals surface area (Å²) in [7, 11) is 0. The Balaban J connectivity index is 2.71. The molecular weight excluding hydrogens is 240 g/mol. The fourth-order valence-corrected chi connectivity index (χ4v) is 2.13. The number of thiophene rings is 1. The summed E-state index contributed by atoms with van der Waals surface area (Å²) in [6.45, 7) is 1.81. The van der Waals surface area contributed by atoms with Crippen LogP contribution in [0.1, 0.15) is 30.7 Å². The van der Waals surface area contributed by atoms with Gasteiger partial charge in [-0.2, -0.15) is 0 Å². The van der Waals surface area contributed by atoms with Crippen LogP contribution in [0.15, 0.2) is 17.5 Å². The number of hydrogen-bond donors (Lipinski definition) is 3. The third-order valence-corrected chi connectivity index (χ3v) is 3.34. The van der Waals surface area contributed by atoms with Crippen molar-refractivity contribution in [2.45, 2.75) is 31.8 Å². The number of nitrogens with two attached hydrogens (primary N) is 1. The second-order valence-electron chi connectivity index (χ2n) is 3.69. The van der Waals surface area contributed by atoms with Crippen LogP contribution in [0.25, 0.3) is 0 Å². The average molecular weight is 256 g/mol. The SMILES string of the molecule is CC[C@@H](N)C(=O)NC(CC(=O)O)c1cccs1. The van der Waals surface area contributed by atoms with Gasteiger partial charge in [0.2, 0.25) is 5.91 Å². The lowest BCUT2D eigenvalue weighted by Gasteiger charge is -2.18. The van der Waals surface area contributed by atoms with Gasteiger partial charge in [0.05, 0.1) is 18.5 Å². The van der Waals surface area contributed by atoms with Crippen molar-refractivity contribution < 1.29 is 14.7 Å². The van der Waals surface area contributed by atoms with E-state index in [-0.39, 0.29) is 12.3 Å². The molecule has 2 atom stereocenters. The maximum Gasteiger partial charge on any atom is 0.305 e. The molecule has 1 heterocycles. The number of carboxylic acids is 1. The largest absolute Gasteiger partial charge is 0.481 e. The third kappa shape index (κ3) is 4.16. The topological polar surface area (TPSA) is 92.4 Å². The van der Waals surface area contributed by atoms with Gasteiger partial charge in [0, 0.05) is 4.88 Å². The molecule has 0 radical (unpaired) electrons. The van der Waals surface area contributed by atoms with Crippen molar-refractivity contribution in [3.05, 3.63) is 22.4 Å². The zero-order valence-corrected chi connectivity index (χ0v) is 10.4. The molecule has 17 heavy (non-hydrogen) atoms. The minimum absolute atomic E-state index is 0.136. The van der Waals surface area contributed by atoms with Gasteiger partial charge in [0.15, 0.2) is 0 Å². The zero-order valence-electron chi connectivity index (χ0n) is 9.55. The number of carbonyl (C=O) groups is 2. The Kier molecular flexibility index (Phi) is 5.11. The van der Waals surface area contributed by atoms with Gasteiger partial charge in [-0.1, -0.05) is 13.0 Å². The molecule has 1 aromatic heterocycles. The molecule has 0 saturated heterocycles. The smallest absolute Gasteiger partial charge is 0.305 e. The molecule has 1 rings (SSSR count). The van der Waals surface area contributed by atoms with Gasteiger partial charge in [-0.05, 0) is 17.9 Å². The van der Waals surface area contributed by atoms with E-state index in [4.69, 9.17) is 10.8 Å². The van der Waals surface area contributed by atoms with E-state index in [1.807, 2.05) is 18.4 Å². The van der Waals surface area contributed by atoms with Crippen molar-refractivity contribution in [2.24, 2.45) is 5.73 Å². The van der Waals surface area contributed by atoms with Crippen LogP contribution in [0.2, 0.25) is 0 Å². The van der Waals surface area contributed by atoms with Crippen LogP contribution >= 0.6 is 11.3 Å². The Bertz CT molecular complexity index is 378. The van der Waals surface area contributed by atoms with Crippen molar-refractivity contribution in [1.29, 1.82) is 0 Å². The van der Waals surface area contributed by atoms with Crippen LogP contribution in [-0.4, -0.2) is 23.0 Å². The first kappa shape index (κ1) is 13.7. The molecule has 0 spiro atoms. The van der Waals surface area contributed by atoms with Crippen molar-refractivity contribution in [3.63, 3.8) is 0 Å². The highest BCUT2D eigenvalue weighted by atomic mass is 32.1. The summed E-state index contributed by atoms with van der Waals surface area (Å²) in [5.74, 6) is -1.26. The lowest BCUT2D eigenvalue weighted by atomic mass is 10.1. The van der Waals surface area contributed by atoms with E-state index in [2.05, 4.69) is 5.32 Å². The number of amides is 1. The summed E-state index contributed by atoms with van der Waals surface area (Å²) in [6, 6.07) is 2.53. The summed E-state index contributed by atoms with van der Waals surface area (Å²) >= 11 is 1.42. The minimum atomic E-state index is -0.950. The number of carbonyl (C=O) groups excluding carboxylic acids is 1. The van der Waals surface area contributed by atoms with Gasteiger partial charge in [0.25, 0.3) is 0 Å². The van der Waals surface area contributed by atoms with Gasteiger partial charge < -0.3 is 16.2 Å². The van der Waals surface area contributed by atoms with Crippen LogP contribution in [-0.2, 0) is 9.59 Å². The summed E-state index contributed by atoms with van der Waals surface area (Å²) < 4.78 is 0. The molecule has 94 valence electrons. The molecule has 0 fully saturated rings. The van der Waals surface area contributed by atoms with Gasteiger partial charge in [-0.3, -0.25) is 9.59 Å². The standard InChI is InChI=1S/C11H16N2O3S/c1-2-7(12)11(16)13-8(6-10(14)15)9-4-3-5-17-9/h3-5,7-8H,2,6,12H2,1H3,(H,13,16)(H,14,15)/t7-,8?/m1/s1. The van der Waals surface area contributed by atoms with Crippen LogP contribution < -0.4 is 11.1 Å². The van der Waals surface area contributed by atoms with Gasteiger partial charge in [-0.15, -0.1) is 11.3 Å². The summed E-state index contributed by atoms with van der Waals surface area (Å²) in [5.41, 5.74) is 5.59. The molecule has 0 saturated carbocycles. The fourth-order valence-electron chi connectivity index (χ4n) is 1.35. The normalized spacial score (nSPS) is 14.0. The zero-order chi connectivity index (χ0) is 12.8. The van der Waals surface area contributed by atoms with E-state index < -0.39 is 18.1 Å². The van der Waals surface area contributed by atoms with Crippen molar-refractivity contribution >= 4 is 23.2 Å². The van der Waals surface area contributed by atoms with Gasteiger partial charge in [-0.25, -0.2) is 0 Å². The van der Waals surface area contributed by atoms with E-state index in [1.165, 1.54) is 11.3 Å². The molecular formula is C11H16N2O3S. The number of rotatable bonds is 6. The second kappa shape index (κ2) is 6.36. The van der Waals surface area contributed by atoms with Gasteiger partial charge >= 0.3 is 5.97 Å². The average Bonchev–Trinajstić information content (AvgIpc) is 2.79. The van der Waals surface area contributed by atoms with Crippen molar-refractivity contribution in [2.75, 3.05) is 0 Å². The van der Waals surface area contributed by atoms with Gasteiger partial charge in [0.1, 0.15) is 0 Å². The highest BCUT2D eigenvalue weighted by Gasteiger charge is 2.21. The Morgan fingerprint density at radius 2 is 2.29 bits per heavy atom. The van der Waals surface area contributed by atoms with E-state index >= 15 is 0 Å². The molecule has 0 aliphatic heterocycles. The van der Waals surface area contributed by atoms with Crippen LogP contribution in [0.4, 0.5) is 0 Å².